The third kappa shape index (κ3) is 5.80. The van der Waals surface area contributed by atoms with Crippen LogP contribution in [0.5, 0.6) is 0 Å². The minimum atomic E-state index is 0.0484. The van der Waals surface area contributed by atoms with Crippen LogP contribution in [0.1, 0.15) is 32.6 Å². The minimum absolute atomic E-state index is 0.0484. The molecule has 2 N–H and O–H groups in total. The molecule has 0 aliphatic carbocycles. The molecule has 2 nitrogen and oxygen atoms in total. The standard InChI is InChI=1S/C9H17NO/c1-3-5-6-9(11)7-8(10)4-2/h3,8H,1,4-7,10H2,2H3. The average Bonchev–Trinajstić information content (AvgIpc) is 2.00. The van der Waals surface area contributed by atoms with Crippen molar-refractivity contribution in [3.8, 4) is 0 Å². The van der Waals surface area contributed by atoms with Gasteiger partial charge in [0, 0.05) is 18.9 Å². The molecule has 0 amide bonds. The van der Waals surface area contributed by atoms with Gasteiger partial charge in [0.2, 0.25) is 0 Å². The van der Waals surface area contributed by atoms with Crippen LogP contribution in [0.15, 0.2) is 12.7 Å². The van der Waals surface area contributed by atoms with E-state index in [-0.39, 0.29) is 11.8 Å². The van der Waals surface area contributed by atoms with Gasteiger partial charge in [-0.05, 0) is 12.8 Å². The highest BCUT2D eigenvalue weighted by molar-refractivity contribution is 5.79. The Labute approximate surface area is 68.5 Å². The van der Waals surface area contributed by atoms with E-state index in [1.807, 2.05) is 6.92 Å². The van der Waals surface area contributed by atoms with Gasteiger partial charge in [-0.2, -0.15) is 0 Å². The van der Waals surface area contributed by atoms with Crippen LogP contribution in [-0.4, -0.2) is 11.8 Å². The lowest BCUT2D eigenvalue weighted by molar-refractivity contribution is -0.119. The van der Waals surface area contributed by atoms with E-state index in [2.05, 4.69) is 6.58 Å². The Balaban J connectivity index is 3.43. The summed E-state index contributed by atoms with van der Waals surface area (Å²) in [6.07, 6.45) is 4.52. The van der Waals surface area contributed by atoms with Gasteiger partial charge in [-0.3, -0.25) is 4.79 Å². The van der Waals surface area contributed by atoms with E-state index >= 15 is 0 Å². The second kappa shape index (κ2) is 6.10. The van der Waals surface area contributed by atoms with Gasteiger partial charge in [-0.15, -0.1) is 6.58 Å². The first-order valence-electron chi connectivity index (χ1n) is 4.08. The second-order valence-electron chi connectivity index (χ2n) is 2.74. The number of carbonyl (C=O) groups is 1. The first kappa shape index (κ1) is 10.4. The zero-order chi connectivity index (χ0) is 8.69. The van der Waals surface area contributed by atoms with Crippen LogP contribution >= 0.6 is 0 Å². The molecule has 0 aromatic carbocycles. The van der Waals surface area contributed by atoms with E-state index in [9.17, 15) is 4.79 Å². The first-order chi connectivity index (χ1) is 5.20. The summed E-state index contributed by atoms with van der Waals surface area (Å²) in [7, 11) is 0. The Morgan fingerprint density at radius 3 is 2.82 bits per heavy atom. The lowest BCUT2D eigenvalue weighted by Gasteiger charge is -2.05. The number of rotatable bonds is 6. The Kier molecular flexibility index (Phi) is 5.75. The lowest BCUT2D eigenvalue weighted by Crippen LogP contribution is -2.22. The van der Waals surface area contributed by atoms with Crippen molar-refractivity contribution in [2.45, 2.75) is 38.6 Å². The number of hydrogen-bond acceptors (Lipinski definition) is 2. The maximum atomic E-state index is 11.0. The predicted octanol–water partition coefficient (Wildman–Crippen LogP) is 1.65. The van der Waals surface area contributed by atoms with Crippen LogP contribution in [0.2, 0.25) is 0 Å². The molecule has 0 aliphatic rings. The van der Waals surface area contributed by atoms with Crippen molar-refractivity contribution < 1.29 is 4.79 Å². The maximum Gasteiger partial charge on any atom is 0.134 e. The largest absolute Gasteiger partial charge is 0.327 e. The zero-order valence-electron chi connectivity index (χ0n) is 7.18. The molecule has 0 heterocycles. The molecule has 1 unspecified atom stereocenters. The van der Waals surface area contributed by atoms with Gasteiger partial charge in [-0.25, -0.2) is 0 Å². The van der Waals surface area contributed by atoms with Crippen LogP contribution in [0, 0.1) is 0 Å². The fourth-order valence-electron chi connectivity index (χ4n) is 0.802. The highest BCUT2D eigenvalue weighted by Gasteiger charge is 2.05. The fourth-order valence-corrected chi connectivity index (χ4v) is 0.802. The van der Waals surface area contributed by atoms with Gasteiger partial charge in [-0.1, -0.05) is 13.0 Å². The van der Waals surface area contributed by atoms with Gasteiger partial charge < -0.3 is 5.73 Å². The highest BCUT2D eigenvalue weighted by atomic mass is 16.1. The van der Waals surface area contributed by atoms with E-state index in [1.54, 1.807) is 6.08 Å². The SMILES string of the molecule is C=CCCC(=O)CC(N)CC. The van der Waals surface area contributed by atoms with Gasteiger partial charge in [0.25, 0.3) is 0 Å². The molecule has 0 aromatic rings. The molecule has 0 fully saturated rings. The van der Waals surface area contributed by atoms with Crippen molar-refractivity contribution in [3.05, 3.63) is 12.7 Å². The Morgan fingerprint density at radius 2 is 2.36 bits per heavy atom. The highest BCUT2D eigenvalue weighted by Crippen LogP contribution is 2.00. The molecule has 0 aliphatic heterocycles. The number of carbonyl (C=O) groups excluding carboxylic acids is 1. The van der Waals surface area contributed by atoms with E-state index in [0.717, 1.165) is 12.8 Å². The van der Waals surface area contributed by atoms with Crippen molar-refractivity contribution in [2.24, 2.45) is 5.73 Å². The quantitative estimate of drug-likeness (QED) is 0.593. The summed E-state index contributed by atoms with van der Waals surface area (Å²) in [6.45, 7) is 5.54. The Bertz CT molecular complexity index is 132. The number of allylic oxidation sites excluding steroid dienone is 1. The Hall–Kier alpha value is -0.630. The summed E-state index contributed by atoms with van der Waals surface area (Å²) in [6, 6.07) is 0.0484. The second-order valence-corrected chi connectivity index (χ2v) is 2.74. The summed E-state index contributed by atoms with van der Waals surface area (Å²) in [4.78, 5) is 11.0. The summed E-state index contributed by atoms with van der Waals surface area (Å²) in [5.41, 5.74) is 5.60. The summed E-state index contributed by atoms with van der Waals surface area (Å²) in [5, 5.41) is 0. The molecule has 0 aromatic heterocycles. The van der Waals surface area contributed by atoms with Gasteiger partial charge in [0.15, 0.2) is 0 Å². The van der Waals surface area contributed by atoms with Gasteiger partial charge in [0.05, 0.1) is 0 Å². The third-order valence-corrected chi connectivity index (χ3v) is 1.64. The topological polar surface area (TPSA) is 43.1 Å². The molecule has 64 valence electrons. The molecule has 11 heavy (non-hydrogen) atoms. The lowest BCUT2D eigenvalue weighted by atomic mass is 10.1. The minimum Gasteiger partial charge on any atom is -0.327 e. The van der Waals surface area contributed by atoms with Crippen LogP contribution in [0.4, 0.5) is 0 Å². The summed E-state index contributed by atoms with van der Waals surface area (Å²) >= 11 is 0. The third-order valence-electron chi connectivity index (χ3n) is 1.64. The molecule has 0 saturated heterocycles. The van der Waals surface area contributed by atoms with E-state index < -0.39 is 0 Å². The van der Waals surface area contributed by atoms with Crippen LogP contribution < -0.4 is 5.73 Å². The molecule has 2 heteroatoms. The number of hydrogen-bond donors (Lipinski definition) is 1. The first-order valence-corrected chi connectivity index (χ1v) is 4.08. The molecule has 0 rings (SSSR count). The van der Waals surface area contributed by atoms with Crippen molar-refractivity contribution in [1.29, 1.82) is 0 Å². The molecule has 1 atom stereocenters. The van der Waals surface area contributed by atoms with Crippen molar-refractivity contribution in [2.75, 3.05) is 0 Å². The van der Waals surface area contributed by atoms with Gasteiger partial charge >= 0.3 is 0 Å². The molecule has 0 radical (unpaired) electrons. The average molecular weight is 155 g/mol. The Morgan fingerprint density at radius 1 is 1.73 bits per heavy atom. The fraction of sp³-hybridized carbons (Fsp3) is 0.667. The monoisotopic (exact) mass is 155 g/mol. The normalized spacial score (nSPS) is 12.5. The summed E-state index contributed by atoms with van der Waals surface area (Å²) in [5.74, 6) is 0.249. The van der Waals surface area contributed by atoms with Crippen LogP contribution in [0.25, 0.3) is 0 Å². The predicted molar refractivity (Wildman–Crippen MR) is 47.3 cm³/mol. The van der Waals surface area contributed by atoms with Crippen molar-refractivity contribution in [1.82, 2.24) is 0 Å². The number of Topliss-reactive ketones (excluding diaryl/α,β-unsaturated/α-hetero) is 1. The molecular formula is C9H17NO. The van der Waals surface area contributed by atoms with E-state index in [0.29, 0.717) is 12.8 Å². The maximum absolute atomic E-state index is 11.0. The smallest absolute Gasteiger partial charge is 0.134 e. The molecule has 0 bridgehead atoms. The molecular weight excluding hydrogens is 138 g/mol. The number of nitrogens with two attached hydrogens (primary N) is 1. The molecule has 0 saturated carbocycles. The van der Waals surface area contributed by atoms with Crippen molar-refractivity contribution >= 4 is 5.78 Å². The van der Waals surface area contributed by atoms with E-state index in [1.165, 1.54) is 0 Å². The van der Waals surface area contributed by atoms with Crippen LogP contribution in [0.3, 0.4) is 0 Å². The number of ketones is 1. The van der Waals surface area contributed by atoms with Gasteiger partial charge in [0.1, 0.15) is 5.78 Å². The molecule has 0 spiro atoms. The van der Waals surface area contributed by atoms with Crippen molar-refractivity contribution in [3.63, 3.8) is 0 Å². The van der Waals surface area contributed by atoms with Crippen LogP contribution in [-0.2, 0) is 4.79 Å². The summed E-state index contributed by atoms with van der Waals surface area (Å²) < 4.78 is 0. The van der Waals surface area contributed by atoms with E-state index in [4.69, 9.17) is 5.73 Å². The zero-order valence-corrected chi connectivity index (χ0v) is 7.18.